The van der Waals surface area contributed by atoms with Gasteiger partial charge in [0.1, 0.15) is 0 Å². The molecule has 0 aliphatic heterocycles. The number of carbonyl (C=O) groups excluding carboxylic acids is 1. The number of carbonyl (C=O) groups is 1. The summed E-state index contributed by atoms with van der Waals surface area (Å²) in [6, 6.07) is 2.59. The minimum absolute atomic E-state index is 0.227. The fourth-order valence-corrected chi connectivity index (χ4v) is 1.78. The molecule has 1 aromatic rings. The van der Waals surface area contributed by atoms with E-state index in [0.29, 0.717) is 5.56 Å². The van der Waals surface area contributed by atoms with Gasteiger partial charge >= 0.3 is 0 Å². The van der Waals surface area contributed by atoms with Gasteiger partial charge in [-0.3, -0.25) is 4.79 Å². The second-order valence-corrected chi connectivity index (χ2v) is 6.14. The predicted octanol–water partition coefficient (Wildman–Crippen LogP) is 2.86. The van der Waals surface area contributed by atoms with Crippen molar-refractivity contribution < 1.29 is 13.6 Å². The summed E-state index contributed by atoms with van der Waals surface area (Å²) < 4.78 is 26.2. The van der Waals surface area contributed by atoms with Crippen LogP contribution in [0.2, 0.25) is 0 Å². The molecule has 0 spiro atoms. The number of likely N-dealkylation sites (N-methyl/N-ethyl adjacent to an activating group) is 1. The summed E-state index contributed by atoms with van der Waals surface area (Å²) in [6.07, 6.45) is 0. The highest BCUT2D eigenvalue weighted by atomic mass is 19.2. The largest absolute Gasteiger partial charge is 0.338 e. The molecule has 1 rings (SSSR count). The van der Waals surface area contributed by atoms with Crippen LogP contribution < -0.4 is 5.73 Å². The fraction of sp³-hybridized carbons (Fsp3) is 0.533. The van der Waals surface area contributed by atoms with E-state index in [0.717, 1.165) is 12.1 Å². The van der Waals surface area contributed by atoms with Gasteiger partial charge in [0.2, 0.25) is 5.91 Å². The van der Waals surface area contributed by atoms with Gasteiger partial charge in [0.05, 0.1) is 12.1 Å². The van der Waals surface area contributed by atoms with Crippen LogP contribution in [-0.4, -0.2) is 23.9 Å². The topological polar surface area (TPSA) is 46.3 Å². The molecule has 2 N–H and O–H groups in total. The van der Waals surface area contributed by atoms with Gasteiger partial charge in [0.15, 0.2) is 11.6 Å². The molecule has 0 radical (unpaired) electrons. The Labute approximate surface area is 118 Å². The van der Waals surface area contributed by atoms with E-state index in [-0.39, 0.29) is 17.4 Å². The zero-order valence-corrected chi connectivity index (χ0v) is 12.6. The van der Waals surface area contributed by atoms with Crippen LogP contribution in [0.25, 0.3) is 0 Å². The maximum Gasteiger partial charge on any atom is 0.240 e. The summed E-state index contributed by atoms with van der Waals surface area (Å²) in [4.78, 5) is 13.8. The lowest BCUT2D eigenvalue weighted by molar-refractivity contribution is -0.135. The number of benzene rings is 1. The maximum atomic E-state index is 13.2. The number of rotatable bonds is 3. The number of nitrogens with zero attached hydrogens (tertiary/aromatic N) is 1. The molecule has 0 aliphatic carbocycles. The van der Waals surface area contributed by atoms with Crippen molar-refractivity contribution in [2.45, 2.75) is 39.8 Å². The normalized spacial score (nSPS) is 14.8. The van der Waals surface area contributed by atoms with Crippen LogP contribution in [0, 0.1) is 17.0 Å². The van der Waals surface area contributed by atoms with Gasteiger partial charge in [0.25, 0.3) is 0 Å². The third-order valence-corrected chi connectivity index (χ3v) is 3.55. The molecule has 3 nitrogen and oxygen atoms in total. The lowest BCUT2D eigenvalue weighted by atomic mass is 9.86. The van der Waals surface area contributed by atoms with E-state index in [4.69, 9.17) is 5.73 Å². The van der Waals surface area contributed by atoms with Crippen LogP contribution in [0.15, 0.2) is 18.2 Å². The van der Waals surface area contributed by atoms with Gasteiger partial charge in [-0.2, -0.15) is 0 Å². The molecule has 112 valence electrons. The van der Waals surface area contributed by atoms with Crippen molar-refractivity contribution in [2.24, 2.45) is 11.1 Å². The molecule has 20 heavy (non-hydrogen) atoms. The van der Waals surface area contributed by atoms with E-state index in [1.807, 2.05) is 20.8 Å². The van der Waals surface area contributed by atoms with Crippen molar-refractivity contribution in [3.8, 4) is 0 Å². The van der Waals surface area contributed by atoms with E-state index >= 15 is 0 Å². The molecule has 0 bridgehead atoms. The van der Waals surface area contributed by atoms with Crippen LogP contribution in [0.1, 0.15) is 39.3 Å². The quantitative estimate of drug-likeness (QED) is 0.927. The molecule has 0 saturated carbocycles. The Morgan fingerprint density at radius 1 is 1.25 bits per heavy atom. The van der Waals surface area contributed by atoms with Crippen molar-refractivity contribution in [3.63, 3.8) is 0 Å². The van der Waals surface area contributed by atoms with Crippen molar-refractivity contribution in [3.05, 3.63) is 35.4 Å². The van der Waals surface area contributed by atoms with Crippen LogP contribution >= 0.6 is 0 Å². The number of nitrogens with two attached hydrogens (primary N) is 1. The first-order valence-corrected chi connectivity index (χ1v) is 6.53. The Kier molecular flexibility index (Phi) is 4.86. The van der Waals surface area contributed by atoms with Gasteiger partial charge in [-0.05, 0) is 30.0 Å². The third kappa shape index (κ3) is 3.54. The van der Waals surface area contributed by atoms with Crippen molar-refractivity contribution >= 4 is 5.91 Å². The minimum atomic E-state index is -0.921. The van der Waals surface area contributed by atoms with E-state index in [1.54, 1.807) is 14.0 Å². The van der Waals surface area contributed by atoms with E-state index in [1.165, 1.54) is 11.0 Å². The number of halogens is 2. The molecule has 0 saturated heterocycles. The summed E-state index contributed by atoms with van der Waals surface area (Å²) in [7, 11) is 1.61. The van der Waals surface area contributed by atoms with Gasteiger partial charge in [-0.1, -0.05) is 26.8 Å². The van der Waals surface area contributed by atoms with Crippen LogP contribution in [0.3, 0.4) is 0 Å². The lowest BCUT2D eigenvalue weighted by Crippen LogP contribution is -2.49. The van der Waals surface area contributed by atoms with Gasteiger partial charge in [-0.25, -0.2) is 8.78 Å². The molecule has 2 unspecified atom stereocenters. The Morgan fingerprint density at radius 2 is 1.80 bits per heavy atom. The number of hydrogen-bond donors (Lipinski definition) is 1. The Bertz CT molecular complexity index is 497. The molecule has 0 fully saturated rings. The standard InChI is InChI=1S/C15H22F2N2O/c1-9(10-6-7-11(16)12(17)8-10)19(5)14(20)13(18)15(2,3)4/h6-9,13H,18H2,1-5H3. The zero-order chi connectivity index (χ0) is 15.7. The highest BCUT2D eigenvalue weighted by Crippen LogP contribution is 2.25. The first-order valence-electron chi connectivity index (χ1n) is 6.53. The monoisotopic (exact) mass is 284 g/mol. The lowest BCUT2D eigenvalue weighted by Gasteiger charge is -2.33. The maximum absolute atomic E-state index is 13.2. The smallest absolute Gasteiger partial charge is 0.240 e. The Morgan fingerprint density at radius 3 is 2.25 bits per heavy atom. The van der Waals surface area contributed by atoms with Crippen LogP contribution in [-0.2, 0) is 4.79 Å². The van der Waals surface area contributed by atoms with Crippen molar-refractivity contribution in [1.29, 1.82) is 0 Å². The second kappa shape index (κ2) is 5.87. The average molecular weight is 284 g/mol. The number of hydrogen-bond acceptors (Lipinski definition) is 2. The van der Waals surface area contributed by atoms with Crippen molar-refractivity contribution in [1.82, 2.24) is 4.90 Å². The molecule has 1 amide bonds. The first kappa shape index (κ1) is 16.6. The SMILES string of the molecule is CC(c1ccc(F)c(F)c1)N(C)C(=O)C(N)C(C)(C)C. The number of amides is 1. The van der Waals surface area contributed by atoms with E-state index in [2.05, 4.69) is 0 Å². The molecular formula is C15H22F2N2O. The molecule has 0 aliphatic rings. The third-order valence-electron chi connectivity index (χ3n) is 3.55. The summed E-state index contributed by atoms with van der Waals surface area (Å²) in [6.45, 7) is 7.39. The highest BCUT2D eigenvalue weighted by Gasteiger charge is 2.31. The van der Waals surface area contributed by atoms with E-state index < -0.39 is 17.7 Å². The molecule has 2 atom stereocenters. The molecule has 0 aromatic heterocycles. The summed E-state index contributed by atoms with van der Waals surface area (Å²) >= 11 is 0. The highest BCUT2D eigenvalue weighted by molar-refractivity contribution is 5.82. The molecule has 0 heterocycles. The van der Waals surface area contributed by atoms with Gasteiger partial charge in [0, 0.05) is 7.05 Å². The second-order valence-electron chi connectivity index (χ2n) is 6.14. The first-order chi connectivity index (χ1) is 9.05. The average Bonchev–Trinajstić information content (AvgIpc) is 2.37. The summed E-state index contributed by atoms with van der Waals surface area (Å²) in [5.41, 5.74) is 6.11. The van der Waals surface area contributed by atoms with Gasteiger partial charge < -0.3 is 10.6 Å². The van der Waals surface area contributed by atoms with Crippen LogP contribution in [0.5, 0.6) is 0 Å². The molecule has 5 heteroatoms. The summed E-state index contributed by atoms with van der Waals surface area (Å²) in [5, 5.41) is 0. The predicted molar refractivity (Wildman–Crippen MR) is 75.0 cm³/mol. The molecular weight excluding hydrogens is 262 g/mol. The fourth-order valence-electron chi connectivity index (χ4n) is 1.78. The van der Waals surface area contributed by atoms with Crippen molar-refractivity contribution in [2.75, 3.05) is 7.05 Å². The van der Waals surface area contributed by atoms with Crippen LogP contribution in [0.4, 0.5) is 8.78 Å². The molecule has 1 aromatic carbocycles. The Balaban J connectivity index is 2.93. The zero-order valence-electron chi connectivity index (χ0n) is 12.6. The van der Waals surface area contributed by atoms with E-state index in [9.17, 15) is 13.6 Å². The summed E-state index contributed by atoms with van der Waals surface area (Å²) in [5.74, 6) is -2.05. The minimum Gasteiger partial charge on any atom is -0.338 e. The Hall–Kier alpha value is -1.49. The van der Waals surface area contributed by atoms with Gasteiger partial charge in [-0.15, -0.1) is 0 Å².